The Kier molecular flexibility index (Phi) is 2.58. The topological polar surface area (TPSA) is 12.0 Å². The molecule has 0 aromatic heterocycles. The molecular weight excluding hydrogens is 134 g/mol. The quantitative estimate of drug-likeness (QED) is 0.657. The summed E-state index contributed by atoms with van der Waals surface area (Å²) in [5.74, 6) is 0.855. The molecule has 0 aromatic carbocycles. The monoisotopic (exact) mass is 155 g/mol. The van der Waals surface area contributed by atoms with Gasteiger partial charge in [-0.15, -0.1) is 0 Å². The van der Waals surface area contributed by atoms with Crippen molar-refractivity contribution < 1.29 is 0 Å². The minimum atomic E-state index is 0.645. The minimum absolute atomic E-state index is 0.645. The highest BCUT2D eigenvalue weighted by atomic mass is 14.9. The molecule has 0 saturated heterocycles. The van der Waals surface area contributed by atoms with Gasteiger partial charge in [-0.2, -0.15) is 0 Å². The largest absolute Gasteiger partial charge is 0.314 e. The SMILES string of the molecule is CC(C)NCC1(C(C)C)CC1. The van der Waals surface area contributed by atoms with Crippen LogP contribution in [0.15, 0.2) is 0 Å². The van der Waals surface area contributed by atoms with Crippen LogP contribution in [0, 0.1) is 11.3 Å². The summed E-state index contributed by atoms with van der Waals surface area (Å²) < 4.78 is 0. The molecule has 1 aliphatic rings. The van der Waals surface area contributed by atoms with Crippen LogP contribution in [0.25, 0.3) is 0 Å². The van der Waals surface area contributed by atoms with Crippen molar-refractivity contribution >= 4 is 0 Å². The Bertz CT molecular complexity index is 123. The molecular formula is C10H21N. The first-order valence-corrected chi connectivity index (χ1v) is 4.80. The Balaban J connectivity index is 2.25. The van der Waals surface area contributed by atoms with E-state index in [1.165, 1.54) is 19.4 Å². The molecule has 11 heavy (non-hydrogen) atoms. The van der Waals surface area contributed by atoms with E-state index in [-0.39, 0.29) is 0 Å². The van der Waals surface area contributed by atoms with E-state index in [0.717, 1.165) is 5.92 Å². The van der Waals surface area contributed by atoms with Gasteiger partial charge < -0.3 is 5.32 Å². The van der Waals surface area contributed by atoms with Gasteiger partial charge in [-0.3, -0.25) is 0 Å². The molecule has 66 valence electrons. The predicted octanol–water partition coefficient (Wildman–Crippen LogP) is 2.42. The van der Waals surface area contributed by atoms with Gasteiger partial charge in [-0.1, -0.05) is 27.7 Å². The molecule has 0 spiro atoms. The average molecular weight is 155 g/mol. The molecule has 0 heterocycles. The summed E-state index contributed by atoms with van der Waals surface area (Å²) >= 11 is 0. The fourth-order valence-corrected chi connectivity index (χ4v) is 1.53. The third kappa shape index (κ3) is 2.19. The number of hydrogen-bond donors (Lipinski definition) is 1. The first-order chi connectivity index (χ1) is 5.07. The molecule has 0 atom stereocenters. The fourth-order valence-electron chi connectivity index (χ4n) is 1.53. The van der Waals surface area contributed by atoms with Gasteiger partial charge in [-0.25, -0.2) is 0 Å². The zero-order valence-corrected chi connectivity index (χ0v) is 8.28. The first-order valence-electron chi connectivity index (χ1n) is 4.80. The van der Waals surface area contributed by atoms with Crippen LogP contribution in [-0.4, -0.2) is 12.6 Å². The van der Waals surface area contributed by atoms with Crippen molar-refractivity contribution in [1.82, 2.24) is 5.32 Å². The van der Waals surface area contributed by atoms with Crippen LogP contribution in [-0.2, 0) is 0 Å². The maximum Gasteiger partial charge on any atom is 0.00126 e. The van der Waals surface area contributed by atoms with E-state index in [9.17, 15) is 0 Å². The summed E-state index contributed by atoms with van der Waals surface area (Å²) in [5, 5.41) is 3.53. The molecule has 0 amide bonds. The van der Waals surface area contributed by atoms with E-state index in [4.69, 9.17) is 0 Å². The molecule has 1 rings (SSSR count). The molecule has 1 heteroatoms. The standard InChI is InChI=1S/C10H21N/c1-8(2)10(5-6-10)7-11-9(3)4/h8-9,11H,5-7H2,1-4H3. The third-order valence-corrected chi connectivity index (χ3v) is 2.98. The lowest BCUT2D eigenvalue weighted by Crippen LogP contribution is -2.32. The van der Waals surface area contributed by atoms with Crippen LogP contribution in [0.3, 0.4) is 0 Å². The lowest BCUT2D eigenvalue weighted by molar-refractivity contribution is 0.328. The predicted molar refractivity (Wildman–Crippen MR) is 49.6 cm³/mol. The molecule has 1 nitrogen and oxygen atoms in total. The minimum Gasteiger partial charge on any atom is -0.314 e. The summed E-state index contributed by atoms with van der Waals surface area (Å²) in [6.45, 7) is 10.3. The van der Waals surface area contributed by atoms with Gasteiger partial charge in [0.2, 0.25) is 0 Å². The zero-order valence-electron chi connectivity index (χ0n) is 8.28. The second kappa shape index (κ2) is 3.14. The van der Waals surface area contributed by atoms with E-state index in [0.29, 0.717) is 11.5 Å². The van der Waals surface area contributed by atoms with Crippen LogP contribution in [0.1, 0.15) is 40.5 Å². The highest BCUT2D eigenvalue weighted by Crippen LogP contribution is 2.51. The van der Waals surface area contributed by atoms with Gasteiger partial charge in [0.15, 0.2) is 0 Å². The molecule has 0 bridgehead atoms. The molecule has 1 fully saturated rings. The van der Waals surface area contributed by atoms with Crippen LogP contribution in [0.4, 0.5) is 0 Å². The van der Waals surface area contributed by atoms with Crippen molar-refractivity contribution in [2.75, 3.05) is 6.54 Å². The van der Waals surface area contributed by atoms with Crippen LogP contribution in [0.2, 0.25) is 0 Å². The number of rotatable bonds is 4. The van der Waals surface area contributed by atoms with Gasteiger partial charge in [0.1, 0.15) is 0 Å². The summed E-state index contributed by atoms with van der Waals surface area (Å²) in [7, 11) is 0. The molecule has 1 saturated carbocycles. The van der Waals surface area contributed by atoms with Gasteiger partial charge in [0.05, 0.1) is 0 Å². The zero-order chi connectivity index (χ0) is 8.48. The van der Waals surface area contributed by atoms with Crippen LogP contribution < -0.4 is 5.32 Å². The Morgan fingerprint density at radius 2 is 1.73 bits per heavy atom. The summed E-state index contributed by atoms with van der Waals surface area (Å²) in [5.41, 5.74) is 0.671. The Morgan fingerprint density at radius 3 is 2.00 bits per heavy atom. The van der Waals surface area contributed by atoms with Crippen molar-refractivity contribution in [3.8, 4) is 0 Å². The third-order valence-electron chi connectivity index (χ3n) is 2.98. The smallest absolute Gasteiger partial charge is 0.00126 e. The van der Waals surface area contributed by atoms with Crippen molar-refractivity contribution in [3.05, 3.63) is 0 Å². The lowest BCUT2D eigenvalue weighted by atomic mass is 9.92. The van der Waals surface area contributed by atoms with Gasteiger partial charge in [0, 0.05) is 12.6 Å². The van der Waals surface area contributed by atoms with Crippen LogP contribution >= 0.6 is 0 Å². The van der Waals surface area contributed by atoms with Crippen molar-refractivity contribution in [3.63, 3.8) is 0 Å². The van der Waals surface area contributed by atoms with Crippen LogP contribution in [0.5, 0.6) is 0 Å². The fraction of sp³-hybridized carbons (Fsp3) is 1.00. The second-order valence-corrected chi connectivity index (χ2v) is 4.55. The maximum atomic E-state index is 3.53. The van der Waals surface area contributed by atoms with E-state index >= 15 is 0 Å². The summed E-state index contributed by atoms with van der Waals surface area (Å²) in [6.07, 6.45) is 2.87. The Hall–Kier alpha value is -0.0400. The Labute approximate surface area is 70.6 Å². The molecule has 1 N–H and O–H groups in total. The van der Waals surface area contributed by atoms with Crippen molar-refractivity contribution in [2.45, 2.75) is 46.6 Å². The second-order valence-electron chi connectivity index (χ2n) is 4.55. The van der Waals surface area contributed by atoms with E-state index in [1.807, 2.05) is 0 Å². The van der Waals surface area contributed by atoms with E-state index < -0.39 is 0 Å². The summed E-state index contributed by atoms with van der Waals surface area (Å²) in [6, 6.07) is 0.645. The molecule has 0 unspecified atom stereocenters. The summed E-state index contributed by atoms with van der Waals surface area (Å²) in [4.78, 5) is 0. The highest BCUT2D eigenvalue weighted by molar-refractivity contribution is 4.97. The molecule has 1 aliphatic carbocycles. The average Bonchev–Trinajstić information content (AvgIpc) is 2.63. The molecule has 0 aliphatic heterocycles. The van der Waals surface area contributed by atoms with Crippen molar-refractivity contribution in [2.24, 2.45) is 11.3 Å². The van der Waals surface area contributed by atoms with E-state index in [2.05, 4.69) is 33.0 Å². The first kappa shape index (κ1) is 9.05. The van der Waals surface area contributed by atoms with E-state index in [1.54, 1.807) is 0 Å². The van der Waals surface area contributed by atoms with Gasteiger partial charge in [-0.05, 0) is 24.2 Å². The highest BCUT2D eigenvalue weighted by Gasteiger charge is 2.44. The van der Waals surface area contributed by atoms with Crippen molar-refractivity contribution in [1.29, 1.82) is 0 Å². The maximum absolute atomic E-state index is 3.53. The number of hydrogen-bond acceptors (Lipinski definition) is 1. The number of nitrogens with one attached hydrogen (secondary N) is 1. The normalized spacial score (nSPS) is 21.3. The molecule has 0 radical (unpaired) electrons. The van der Waals surface area contributed by atoms with Gasteiger partial charge in [0.25, 0.3) is 0 Å². The Morgan fingerprint density at radius 1 is 1.18 bits per heavy atom. The lowest BCUT2D eigenvalue weighted by Gasteiger charge is -2.21. The van der Waals surface area contributed by atoms with Gasteiger partial charge >= 0.3 is 0 Å². The molecule has 0 aromatic rings.